The lowest BCUT2D eigenvalue weighted by Gasteiger charge is -2.38. The summed E-state index contributed by atoms with van der Waals surface area (Å²) in [6.07, 6.45) is 0.911. The van der Waals surface area contributed by atoms with E-state index in [0.717, 1.165) is 0 Å². The first-order valence-electron chi connectivity index (χ1n) is 13.8. The number of benzene rings is 1. The van der Waals surface area contributed by atoms with E-state index in [1.807, 2.05) is 11.9 Å². The molecule has 2 fully saturated rings. The van der Waals surface area contributed by atoms with Crippen molar-refractivity contribution in [2.75, 3.05) is 70.7 Å². The molecule has 16 heteroatoms. The summed E-state index contributed by atoms with van der Waals surface area (Å²) in [5.74, 6) is 0.592. The van der Waals surface area contributed by atoms with Gasteiger partial charge in [-0.05, 0) is 44.5 Å². The lowest BCUT2D eigenvalue weighted by atomic mass is 9.88. The highest BCUT2D eigenvalue weighted by Crippen LogP contribution is 2.39. The van der Waals surface area contributed by atoms with Crippen LogP contribution in [-0.2, 0) is 24.8 Å². The molecule has 1 aromatic carbocycles. The van der Waals surface area contributed by atoms with Gasteiger partial charge in [-0.15, -0.1) is 0 Å². The van der Waals surface area contributed by atoms with Gasteiger partial charge in [-0.25, -0.2) is 21.6 Å². The number of nitrogens with two attached hydrogens (primary N) is 1. The summed E-state index contributed by atoms with van der Waals surface area (Å²) in [5.41, 5.74) is 6.20. The molecule has 2 aromatic rings. The molecule has 14 nitrogen and oxygen atoms in total. The Morgan fingerprint density at radius 3 is 2.71 bits per heavy atom. The number of aliphatic hydroxyl groups is 1. The van der Waals surface area contributed by atoms with Gasteiger partial charge in [0.2, 0.25) is 25.9 Å². The molecule has 0 bridgehead atoms. The standard InChI is InChI=1S/C26H38N6O8S2/c1-28-41(34,35)21-5-3-4-20(12-21)39-17-19(33)15-29-18-14-26(40-16-18)6-8-32(9-7-26)42(36,37)23-13-22-25(30-24(23)27)38-11-10-31(22)2/h3-5,12-13,18-19,28-29,33H,6-11,14-17H2,1-2H3,(H2,27,30)/t18-,19+/m1/s1. The van der Waals surface area contributed by atoms with E-state index in [1.54, 1.807) is 18.2 Å². The molecule has 1 spiro atoms. The Morgan fingerprint density at radius 1 is 1.21 bits per heavy atom. The molecule has 5 rings (SSSR count). The van der Waals surface area contributed by atoms with Crippen molar-refractivity contribution in [1.82, 2.24) is 19.3 Å². The van der Waals surface area contributed by atoms with Crippen molar-refractivity contribution < 1.29 is 36.2 Å². The zero-order chi connectivity index (χ0) is 30.1. The lowest BCUT2D eigenvalue weighted by Crippen LogP contribution is -2.47. The highest BCUT2D eigenvalue weighted by Gasteiger charge is 2.45. The van der Waals surface area contributed by atoms with Crippen LogP contribution < -0.4 is 30.1 Å². The van der Waals surface area contributed by atoms with Crippen LogP contribution in [0.5, 0.6) is 11.6 Å². The number of nitrogen functional groups attached to an aromatic ring is 1. The average molecular weight is 627 g/mol. The first kappa shape index (κ1) is 30.7. The van der Waals surface area contributed by atoms with E-state index in [9.17, 15) is 21.9 Å². The Balaban J connectivity index is 1.11. The SMILES string of the molecule is CNS(=O)(=O)c1cccc(OC[C@@H](O)CN[C@H]2COC3(CCN(S(=O)(=O)c4cc5c(nc4N)OCCN5C)CC3)C2)c1. The van der Waals surface area contributed by atoms with Crippen LogP contribution in [0.25, 0.3) is 0 Å². The van der Waals surface area contributed by atoms with E-state index in [2.05, 4.69) is 15.0 Å². The number of ether oxygens (including phenoxy) is 3. The number of nitrogens with one attached hydrogen (secondary N) is 2. The molecule has 2 atom stereocenters. The normalized spacial score (nSPS) is 21.6. The minimum absolute atomic E-state index is 0.0112. The number of aromatic nitrogens is 1. The van der Waals surface area contributed by atoms with Gasteiger partial charge in [-0.3, -0.25) is 0 Å². The Morgan fingerprint density at radius 2 is 1.98 bits per heavy atom. The number of nitrogens with zero attached hydrogens (tertiary/aromatic N) is 3. The van der Waals surface area contributed by atoms with E-state index in [4.69, 9.17) is 19.9 Å². The van der Waals surface area contributed by atoms with Crippen LogP contribution in [-0.4, -0.2) is 109 Å². The third-order valence-electron chi connectivity index (χ3n) is 7.97. The molecular formula is C26H38N6O8S2. The number of anilines is 2. The maximum atomic E-state index is 13.5. The van der Waals surface area contributed by atoms with Gasteiger partial charge in [0.25, 0.3) is 0 Å². The first-order chi connectivity index (χ1) is 19.9. The van der Waals surface area contributed by atoms with Crippen LogP contribution in [0.4, 0.5) is 11.5 Å². The number of hydrogen-bond donors (Lipinski definition) is 4. The number of pyridine rings is 1. The minimum atomic E-state index is -3.86. The second-order valence-electron chi connectivity index (χ2n) is 10.8. The molecule has 42 heavy (non-hydrogen) atoms. The highest BCUT2D eigenvalue weighted by molar-refractivity contribution is 7.89. The van der Waals surface area contributed by atoms with E-state index in [-0.39, 0.29) is 47.9 Å². The zero-order valence-corrected chi connectivity index (χ0v) is 25.3. The van der Waals surface area contributed by atoms with Crippen molar-refractivity contribution in [3.8, 4) is 11.6 Å². The van der Waals surface area contributed by atoms with Gasteiger partial charge in [0, 0.05) is 38.8 Å². The zero-order valence-electron chi connectivity index (χ0n) is 23.7. The molecule has 1 aromatic heterocycles. The topological polar surface area (TPSA) is 186 Å². The highest BCUT2D eigenvalue weighted by atomic mass is 32.2. The Hall–Kier alpha value is -2.73. The molecule has 232 valence electrons. The van der Waals surface area contributed by atoms with E-state index < -0.39 is 31.8 Å². The molecule has 0 aliphatic carbocycles. The summed E-state index contributed by atoms with van der Waals surface area (Å²) in [5, 5.41) is 13.7. The summed E-state index contributed by atoms with van der Waals surface area (Å²) in [7, 11) is -4.27. The second-order valence-corrected chi connectivity index (χ2v) is 14.6. The van der Waals surface area contributed by atoms with Crippen LogP contribution >= 0.6 is 0 Å². The fourth-order valence-electron chi connectivity index (χ4n) is 5.47. The monoisotopic (exact) mass is 626 g/mol. The first-order valence-corrected chi connectivity index (χ1v) is 16.7. The van der Waals surface area contributed by atoms with Crippen molar-refractivity contribution in [2.45, 2.75) is 46.8 Å². The van der Waals surface area contributed by atoms with Crippen molar-refractivity contribution in [3.63, 3.8) is 0 Å². The second kappa shape index (κ2) is 12.1. The van der Waals surface area contributed by atoms with Gasteiger partial charge in [0.1, 0.15) is 41.5 Å². The Kier molecular flexibility index (Phi) is 8.85. The van der Waals surface area contributed by atoms with Gasteiger partial charge in [-0.1, -0.05) is 6.07 Å². The molecular weight excluding hydrogens is 588 g/mol. The Labute approximate surface area is 246 Å². The largest absolute Gasteiger partial charge is 0.491 e. The maximum absolute atomic E-state index is 13.5. The van der Waals surface area contributed by atoms with Gasteiger partial charge in [0.15, 0.2) is 0 Å². The van der Waals surface area contributed by atoms with Crippen LogP contribution in [0.1, 0.15) is 19.3 Å². The van der Waals surface area contributed by atoms with Gasteiger partial charge >= 0.3 is 0 Å². The van der Waals surface area contributed by atoms with Crippen LogP contribution in [0, 0.1) is 0 Å². The predicted molar refractivity (Wildman–Crippen MR) is 155 cm³/mol. The van der Waals surface area contributed by atoms with Crippen LogP contribution in [0.15, 0.2) is 40.1 Å². The lowest BCUT2D eigenvalue weighted by molar-refractivity contribution is -0.0312. The third-order valence-corrected chi connectivity index (χ3v) is 11.3. The number of aliphatic hydroxyl groups excluding tert-OH is 1. The molecule has 0 amide bonds. The number of likely N-dealkylation sites (N-methyl/N-ethyl adjacent to an activating group) is 1. The number of rotatable bonds is 10. The van der Waals surface area contributed by atoms with Gasteiger partial charge in [0.05, 0.1) is 23.6 Å². The molecule has 2 saturated heterocycles. The van der Waals surface area contributed by atoms with Crippen molar-refractivity contribution >= 4 is 31.6 Å². The summed E-state index contributed by atoms with van der Waals surface area (Å²) >= 11 is 0. The molecule has 0 unspecified atom stereocenters. The van der Waals surface area contributed by atoms with Crippen molar-refractivity contribution in [1.29, 1.82) is 0 Å². The quantitative estimate of drug-likeness (QED) is 0.271. The predicted octanol–water partition coefficient (Wildman–Crippen LogP) is -0.258. The van der Waals surface area contributed by atoms with Gasteiger partial charge in [-0.2, -0.15) is 9.29 Å². The number of piperidine rings is 1. The van der Waals surface area contributed by atoms with E-state index >= 15 is 0 Å². The molecule has 3 aliphatic heterocycles. The number of fused-ring (bicyclic) bond motifs is 1. The summed E-state index contributed by atoms with van der Waals surface area (Å²) in [6, 6.07) is 7.58. The average Bonchev–Trinajstić information content (AvgIpc) is 3.37. The molecule has 5 N–H and O–H groups in total. The number of hydrogen-bond acceptors (Lipinski definition) is 12. The summed E-state index contributed by atoms with van der Waals surface area (Å²) in [6.45, 7) is 2.33. The van der Waals surface area contributed by atoms with Crippen molar-refractivity contribution in [3.05, 3.63) is 30.3 Å². The Bertz CT molecular complexity index is 1500. The minimum Gasteiger partial charge on any atom is -0.491 e. The third kappa shape index (κ3) is 6.44. The molecule has 0 radical (unpaired) electrons. The molecule has 0 saturated carbocycles. The molecule has 3 aliphatic rings. The van der Waals surface area contributed by atoms with E-state index in [0.29, 0.717) is 56.3 Å². The van der Waals surface area contributed by atoms with Crippen molar-refractivity contribution in [2.24, 2.45) is 0 Å². The fourth-order valence-corrected chi connectivity index (χ4v) is 7.74. The smallest absolute Gasteiger partial charge is 0.246 e. The van der Waals surface area contributed by atoms with Crippen LogP contribution in [0.3, 0.4) is 0 Å². The fraction of sp³-hybridized carbons (Fsp3) is 0.577. The molecule has 4 heterocycles. The maximum Gasteiger partial charge on any atom is 0.246 e. The summed E-state index contributed by atoms with van der Waals surface area (Å²) in [4.78, 5) is 6.16. The van der Waals surface area contributed by atoms with Crippen LogP contribution in [0.2, 0.25) is 0 Å². The number of sulfonamides is 2. The van der Waals surface area contributed by atoms with Gasteiger partial charge < -0.3 is 35.3 Å². The summed E-state index contributed by atoms with van der Waals surface area (Å²) < 4.78 is 72.0. The van der Waals surface area contributed by atoms with E-state index in [1.165, 1.54) is 23.5 Å².